The highest BCUT2D eigenvalue weighted by Gasteiger charge is 2.35. The minimum atomic E-state index is -3.98. The predicted octanol–water partition coefficient (Wildman–Crippen LogP) is 1.06. The first kappa shape index (κ1) is 16.3. The smallest absolute Gasteiger partial charge is 0.356 e. The van der Waals surface area contributed by atoms with Crippen molar-refractivity contribution in [3.63, 3.8) is 0 Å². The van der Waals surface area contributed by atoms with Gasteiger partial charge in [-0.25, -0.2) is 22.9 Å². The van der Waals surface area contributed by atoms with E-state index in [1.54, 1.807) is 0 Å². The number of aliphatic hydroxyl groups is 1. The van der Waals surface area contributed by atoms with Crippen molar-refractivity contribution in [3.8, 4) is 0 Å². The van der Waals surface area contributed by atoms with Crippen LogP contribution in [0.3, 0.4) is 0 Å². The molecule has 0 bridgehead atoms. The average Bonchev–Trinajstić information content (AvgIpc) is 2.86. The molecule has 3 N–H and O–H groups in total. The largest absolute Gasteiger partial charge is 0.476 e. The third-order valence-corrected chi connectivity index (χ3v) is 6.41. The Morgan fingerprint density at radius 1 is 1.62 bits per heavy atom. The van der Waals surface area contributed by atoms with Crippen molar-refractivity contribution >= 4 is 27.3 Å². The van der Waals surface area contributed by atoms with Gasteiger partial charge in [0.15, 0.2) is 9.90 Å². The zero-order chi connectivity index (χ0) is 15.7. The second kappa shape index (κ2) is 5.99. The van der Waals surface area contributed by atoms with E-state index >= 15 is 0 Å². The average molecular weight is 334 g/mol. The second-order valence-corrected chi connectivity index (χ2v) is 8.36. The van der Waals surface area contributed by atoms with E-state index in [0.717, 1.165) is 24.2 Å². The molecule has 21 heavy (non-hydrogen) atoms. The van der Waals surface area contributed by atoms with E-state index in [0.29, 0.717) is 18.8 Å². The van der Waals surface area contributed by atoms with Gasteiger partial charge in [-0.3, -0.25) is 0 Å². The van der Waals surface area contributed by atoms with Gasteiger partial charge in [-0.05, 0) is 18.8 Å². The molecule has 2 unspecified atom stereocenters. The summed E-state index contributed by atoms with van der Waals surface area (Å²) in [6, 6.07) is 0. The van der Waals surface area contributed by atoms with Crippen molar-refractivity contribution in [2.75, 3.05) is 6.54 Å². The molecule has 0 aromatic carbocycles. The first-order valence-electron chi connectivity index (χ1n) is 6.62. The molecule has 2 rings (SSSR count). The van der Waals surface area contributed by atoms with Crippen LogP contribution in [0.15, 0.2) is 9.72 Å². The number of nitrogens with one attached hydrogen (secondary N) is 1. The number of nitrogens with zero attached hydrogens (tertiary/aromatic N) is 1. The molecule has 0 spiro atoms. The van der Waals surface area contributed by atoms with Crippen molar-refractivity contribution in [3.05, 3.63) is 11.2 Å². The third kappa shape index (κ3) is 3.79. The summed E-state index contributed by atoms with van der Waals surface area (Å²) in [5.74, 6) is -1.05. The van der Waals surface area contributed by atoms with Gasteiger partial charge in [-0.15, -0.1) is 11.3 Å². The lowest BCUT2D eigenvalue weighted by Gasteiger charge is -2.35. The van der Waals surface area contributed by atoms with E-state index < -0.39 is 27.3 Å². The highest BCUT2D eigenvalue weighted by atomic mass is 32.2. The molecule has 1 aromatic rings. The SMILES string of the molecule is CC1CCCC(O)(CNS(=O)(=O)c2scnc2C(=O)O)C1. The molecule has 2 atom stereocenters. The highest BCUT2D eigenvalue weighted by Crippen LogP contribution is 2.32. The maximum atomic E-state index is 12.2. The number of carboxylic acid groups (broad SMARTS) is 1. The van der Waals surface area contributed by atoms with Crippen molar-refractivity contribution in [1.82, 2.24) is 9.71 Å². The van der Waals surface area contributed by atoms with Crippen LogP contribution in [0.2, 0.25) is 0 Å². The summed E-state index contributed by atoms with van der Waals surface area (Å²) in [4.78, 5) is 14.5. The summed E-state index contributed by atoms with van der Waals surface area (Å²) < 4.78 is 26.3. The lowest BCUT2D eigenvalue weighted by atomic mass is 9.79. The van der Waals surface area contributed by atoms with Crippen LogP contribution in [-0.4, -0.2) is 41.7 Å². The molecule has 0 aliphatic heterocycles. The summed E-state index contributed by atoms with van der Waals surface area (Å²) in [6.45, 7) is 1.90. The fourth-order valence-electron chi connectivity index (χ4n) is 2.66. The number of thiazole rings is 1. The number of carboxylic acids is 1. The molecule has 1 aliphatic carbocycles. The number of carbonyl (C=O) groups is 1. The summed E-state index contributed by atoms with van der Waals surface area (Å²) >= 11 is 0.747. The molecular weight excluding hydrogens is 316 g/mol. The summed E-state index contributed by atoms with van der Waals surface area (Å²) in [6.07, 6.45) is 2.94. The molecule has 118 valence electrons. The van der Waals surface area contributed by atoms with Crippen molar-refractivity contribution in [1.29, 1.82) is 0 Å². The van der Waals surface area contributed by atoms with Gasteiger partial charge in [-0.1, -0.05) is 19.8 Å². The molecule has 9 heteroatoms. The lowest BCUT2D eigenvalue weighted by molar-refractivity contribution is -0.00751. The highest BCUT2D eigenvalue weighted by molar-refractivity contribution is 7.91. The first-order valence-corrected chi connectivity index (χ1v) is 8.99. The van der Waals surface area contributed by atoms with Gasteiger partial charge in [0.05, 0.1) is 11.1 Å². The van der Waals surface area contributed by atoms with Gasteiger partial charge < -0.3 is 10.2 Å². The molecule has 1 saturated carbocycles. The van der Waals surface area contributed by atoms with Gasteiger partial charge in [0, 0.05) is 6.54 Å². The quantitative estimate of drug-likeness (QED) is 0.741. The van der Waals surface area contributed by atoms with Crippen molar-refractivity contribution in [2.45, 2.75) is 42.4 Å². The fourth-order valence-corrected chi connectivity index (χ4v) is 4.96. The molecule has 0 saturated heterocycles. The maximum Gasteiger partial charge on any atom is 0.356 e. The summed E-state index contributed by atoms with van der Waals surface area (Å²) in [7, 11) is -3.98. The van der Waals surface area contributed by atoms with E-state index in [1.807, 2.05) is 6.92 Å². The maximum absolute atomic E-state index is 12.2. The Hall–Kier alpha value is -1.03. The standard InChI is InChI=1S/C12H18N2O5S2/c1-8-3-2-4-12(17,5-8)6-14-21(18,19)11-9(10(15)16)13-7-20-11/h7-8,14,17H,2-6H2,1H3,(H,15,16). The van der Waals surface area contributed by atoms with Crippen molar-refractivity contribution < 1.29 is 23.4 Å². The lowest BCUT2D eigenvalue weighted by Crippen LogP contribution is -2.45. The molecule has 1 fully saturated rings. The monoisotopic (exact) mass is 334 g/mol. The number of hydrogen-bond donors (Lipinski definition) is 3. The Bertz CT molecular complexity index is 627. The van der Waals surface area contributed by atoms with Crippen LogP contribution in [0.5, 0.6) is 0 Å². The van der Waals surface area contributed by atoms with Crippen LogP contribution >= 0.6 is 11.3 Å². The summed E-state index contributed by atoms with van der Waals surface area (Å²) in [5.41, 5.74) is -0.384. The normalized spacial score (nSPS) is 26.7. The van der Waals surface area contributed by atoms with Crippen LogP contribution in [0, 0.1) is 5.92 Å². The number of aromatic nitrogens is 1. The Kier molecular flexibility index (Phi) is 4.66. The summed E-state index contributed by atoms with van der Waals surface area (Å²) in [5, 5.41) is 19.3. The first-order chi connectivity index (χ1) is 9.73. The van der Waals surface area contributed by atoms with Gasteiger partial charge in [0.2, 0.25) is 0 Å². The van der Waals surface area contributed by atoms with Gasteiger partial charge in [-0.2, -0.15) is 0 Å². The topological polar surface area (TPSA) is 117 Å². The van der Waals surface area contributed by atoms with E-state index in [-0.39, 0.29) is 10.8 Å². The van der Waals surface area contributed by atoms with Crippen LogP contribution in [0.25, 0.3) is 0 Å². The molecule has 1 aliphatic rings. The second-order valence-electron chi connectivity index (χ2n) is 5.54. The zero-order valence-corrected chi connectivity index (χ0v) is 13.2. The Morgan fingerprint density at radius 2 is 2.33 bits per heavy atom. The molecular formula is C12H18N2O5S2. The Morgan fingerprint density at radius 3 is 2.95 bits per heavy atom. The number of hydrogen-bond acceptors (Lipinski definition) is 6. The van der Waals surface area contributed by atoms with Gasteiger partial charge in [0.1, 0.15) is 0 Å². The number of aromatic carboxylic acids is 1. The number of sulfonamides is 1. The van der Waals surface area contributed by atoms with Crippen LogP contribution in [0.4, 0.5) is 0 Å². The minimum absolute atomic E-state index is 0.114. The molecule has 1 aromatic heterocycles. The third-order valence-electron chi connectivity index (χ3n) is 3.64. The Balaban J connectivity index is 2.11. The predicted molar refractivity (Wildman–Crippen MR) is 76.8 cm³/mol. The van der Waals surface area contributed by atoms with E-state index in [1.165, 1.54) is 5.51 Å². The molecule has 0 radical (unpaired) electrons. The van der Waals surface area contributed by atoms with E-state index in [2.05, 4.69) is 9.71 Å². The van der Waals surface area contributed by atoms with Crippen molar-refractivity contribution in [2.24, 2.45) is 5.92 Å². The van der Waals surface area contributed by atoms with Gasteiger partial charge in [0.25, 0.3) is 10.0 Å². The van der Waals surface area contributed by atoms with Crippen LogP contribution in [0.1, 0.15) is 43.1 Å². The minimum Gasteiger partial charge on any atom is -0.476 e. The molecule has 7 nitrogen and oxygen atoms in total. The van der Waals surface area contributed by atoms with E-state index in [4.69, 9.17) is 5.11 Å². The van der Waals surface area contributed by atoms with E-state index in [9.17, 15) is 18.3 Å². The molecule has 0 amide bonds. The fraction of sp³-hybridized carbons (Fsp3) is 0.667. The zero-order valence-electron chi connectivity index (χ0n) is 11.6. The van der Waals surface area contributed by atoms with Crippen LogP contribution < -0.4 is 4.72 Å². The van der Waals surface area contributed by atoms with Gasteiger partial charge >= 0.3 is 5.97 Å². The van der Waals surface area contributed by atoms with Crippen LogP contribution in [-0.2, 0) is 10.0 Å². The number of rotatable bonds is 5. The Labute approximate surface area is 127 Å². The molecule has 1 heterocycles.